The third-order valence-corrected chi connectivity index (χ3v) is 7.77. The Labute approximate surface area is 256 Å². The van der Waals surface area contributed by atoms with Crippen molar-refractivity contribution in [3.05, 3.63) is 102 Å². The Kier molecular flexibility index (Phi) is 8.70. The zero-order valence-corrected chi connectivity index (χ0v) is 25.7. The molecule has 0 spiro atoms. The van der Waals surface area contributed by atoms with Gasteiger partial charge < -0.3 is 18.6 Å². The molecule has 2 aromatic heterocycles. The number of thiazole rings is 1. The lowest BCUT2D eigenvalue weighted by Crippen LogP contribution is -2.40. The summed E-state index contributed by atoms with van der Waals surface area (Å²) in [6, 6.07) is 14.9. The molecule has 1 aliphatic rings. The van der Waals surface area contributed by atoms with Crippen LogP contribution in [0, 0.1) is 5.92 Å². The van der Waals surface area contributed by atoms with Gasteiger partial charge in [0.05, 0.1) is 35.6 Å². The average molecular weight is 621 g/mol. The van der Waals surface area contributed by atoms with Crippen molar-refractivity contribution >= 4 is 41.0 Å². The fraction of sp³-hybridized carbons (Fsp3) is 0.250. The second-order valence-electron chi connectivity index (χ2n) is 10.3. The van der Waals surface area contributed by atoms with E-state index in [9.17, 15) is 14.4 Å². The summed E-state index contributed by atoms with van der Waals surface area (Å²) < 4.78 is 24.2. The Balaban J connectivity index is 1.64. The van der Waals surface area contributed by atoms with Crippen LogP contribution in [0.25, 0.3) is 17.4 Å². The van der Waals surface area contributed by atoms with Gasteiger partial charge in [-0.1, -0.05) is 55.0 Å². The second kappa shape index (κ2) is 12.4. The number of benzene rings is 2. The molecule has 2 aromatic carbocycles. The molecule has 11 heteroatoms. The Bertz CT molecular complexity index is 1930. The Hall–Kier alpha value is -4.41. The molecule has 0 radical (unpaired) electrons. The largest absolute Gasteiger partial charge is 0.493 e. The van der Waals surface area contributed by atoms with E-state index < -0.39 is 18.0 Å². The molecule has 0 unspecified atom stereocenters. The Morgan fingerprint density at radius 1 is 1.14 bits per heavy atom. The molecule has 1 aliphatic heterocycles. The molecule has 0 amide bonds. The first-order chi connectivity index (χ1) is 20.5. The highest BCUT2D eigenvalue weighted by Crippen LogP contribution is 2.36. The van der Waals surface area contributed by atoms with Crippen LogP contribution in [0.4, 0.5) is 0 Å². The highest BCUT2D eigenvalue weighted by molar-refractivity contribution is 7.07. The summed E-state index contributed by atoms with van der Waals surface area (Å²) in [7, 11) is 1.44. The lowest BCUT2D eigenvalue weighted by atomic mass is 9.95. The molecule has 9 nitrogen and oxygen atoms in total. The van der Waals surface area contributed by atoms with Crippen molar-refractivity contribution in [3.8, 4) is 22.8 Å². The Morgan fingerprint density at radius 2 is 1.93 bits per heavy atom. The lowest BCUT2D eigenvalue weighted by molar-refractivity contribution is -0.140. The number of methoxy groups -OCH3 is 1. The Morgan fingerprint density at radius 3 is 2.63 bits per heavy atom. The van der Waals surface area contributed by atoms with Gasteiger partial charge in [0.25, 0.3) is 5.56 Å². The number of ether oxygens (including phenoxy) is 3. The van der Waals surface area contributed by atoms with Gasteiger partial charge in [-0.2, -0.15) is 0 Å². The predicted octanol–water partition coefficient (Wildman–Crippen LogP) is 5.28. The fourth-order valence-electron chi connectivity index (χ4n) is 4.67. The van der Waals surface area contributed by atoms with Crippen molar-refractivity contribution in [1.82, 2.24) is 4.57 Å². The molecule has 3 heterocycles. The molecular formula is C32H29ClN2O7S. The molecule has 0 saturated heterocycles. The number of carbonyl (C=O) groups excluding carboxylic acids is 2. The van der Waals surface area contributed by atoms with E-state index in [4.69, 9.17) is 30.2 Å². The third kappa shape index (κ3) is 6.35. The number of furan rings is 1. The summed E-state index contributed by atoms with van der Waals surface area (Å²) in [5.41, 5.74) is 1.64. The molecule has 222 valence electrons. The van der Waals surface area contributed by atoms with Crippen molar-refractivity contribution in [3.63, 3.8) is 0 Å². The van der Waals surface area contributed by atoms with Crippen LogP contribution in [0.5, 0.6) is 11.5 Å². The second-order valence-corrected chi connectivity index (χ2v) is 11.7. The van der Waals surface area contributed by atoms with E-state index in [0.717, 1.165) is 5.56 Å². The average Bonchev–Trinajstić information content (AvgIpc) is 3.55. The molecule has 0 fully saturated rings. The zero-order chi connectivity index (χ0) is 30.8. The van der Waals surface area contributed by atoms with Gasteiger partial charge in [0.2, 0.25) is 0 Å². The minimum atomic E-state index is -0.878. The quantitative estimate of drug-likeness (QED) is 0.195. The number of carbonyl (C=O) groups is 2. The summed E-state index contributed by atoms with van der Waals surface area (Å²) in [5.74, 6) is 0.575. The van der Waals surface area contributed by atoms with E-state index in [1.165, 1.54) is 29.9 Å². The number of halogens is 1. The molecule has 1 atom stereocenters. The van der Waals surface area contributed by atoms with Crippen molar-refractivity contribution in [2.75, 3.05) is 13.7 Å². The van der Waals surface area contributed by atoms with E-state index in [2.05, 4.69) is 4.99 Å². The molecule has 43 heavy (non-hydrogen) atoms. The molecular weight excluding hydrogens is 592 g/mol. The number of allylic oxidation sites excluding steroid dienone is 1. The standard InChI is InChI=1S/C32H29ClN2O7S/c1-17(2)16-40-31(38)28-18(3)34-32-35(29(28)21-9-11-25(41-19(4)36)26(14-21)39-5)30(37)27(43-32)15-23-10-12-24(42-23)20-7-6-8-22(33)13-20/h6-15,17,29H,16H2,1-5H3/b27-15+/t29-/m1/s1. The highest BCUT2D eigenvalue weighted by Gasteiger charge is 2.34. The fourth-order valence-corrected chi connectivity index (χ4v) is 5.89. The van der Waals surface area contributed by atoms with Crippen molar-refractivity contribution in [1.29, 1.82) is 0 Å². The number of hydrogen-bond donors (Lipinski definition) is 0. The van der Waals surface area contributed by atoms with Crippen LogP contribution in [0.3, 0.4) is 0 Å². The van der Waals surface area contributed by atoms with Crippen LogP contribution in [-0.4, -0.2) is 30.2 Å². The van der Waals surface area contributed by atoms with Gasteiger partial charge in [-0.3, -0.25) is 14.2 Å². The number of hydrogen-bond acceptors (Lipinski definition) is 9. The number of nitrogens with zero attached hydrogens (tertiary/aromatic N) is 2. The first-order valence-electron chi connectivity index (χ1n) is 13.5. The van der Waals surface area contributed by atoms with Gasteiger partial charge in [-0.25, -0.2) is 9.79 Å². The van der Waals surface area contributed by atoms with Crippen LogP contribution in [-0.2, 0) is 14.3 Å². The molecule has 0 aliphatic carbocycles. The first kappa shape index (κ1) is 30.1. The predicted molar refractivity (Wildman–Crippen MR) is 163 cm³/mol. The smallest absolute Gasteiger partial charge is 0.338 e. The van der Waals surface area contributed by atoms with Crippen LogP contribution in [0.2, 0.25) is 5.02 Å². The van der Waals surface area contributed by atoms with Crippen LogP contribution < -0.4 is 24.4 Å². The van der Waals surface area contributed by atoms with Gasteiger partial charge >= 0.3 is 11.9 Å². The number of fused-ring (bicyclic) bond motifs is 1. The molecule has 0 N–H and O–H groups in total. The van der Waals surface area contributed by atoms with E-state index in [0.29, 0.717) is 37.1 Å². The molecule has 5 rings (SSSR count). The van der Waals surface area contributed by atoms with E-state index in [1.54, 1.807) is 55.5 Å². The summed E-state index contributed by atoms with van der Waals surface area (Å²) >= 11 is 7.32. The van der Waals surface area contributed by atoms with Crippen LogP contribution >= 0.6 is 22.9 Å². The number of rotatable bonds is 8. The normalized spacial score (nSPS) is 14.9. The molecule has 0 saturated carbocycles. The summed E-state index contributed by atoms with van der Waals surface area (Å²) in [6.07, 6.45) is 1.65. The van der Waals surface area contributed by atoms with Gasteiger partial charge in [0.15, 0.2) is 16.3 Å². The van der Waals surface area contributed by atoms with Gasteiger partial charge in [-0.15, -0.1) is 0 Å². The highest BCUT2D eigenvalue weighted by atomic mass is 35.5. The van der Waals surface area contributed by atoms with Crippen molar-refractivity contribution < 1.29 is 28.2 Å². The summed E-state index contributed by atoms with van der Waals surface area (Å²) in [6.45, 7) is 7.08. The van der Waals surface area contributed by atoms with E-state index in [1.807, 2.05) is 26.0 Å². The summed E-state index contributed by atoms with van der Waals surface area (Å²) in [4.78, 5) is 44.1. The van der Waals surface area contributed by atoms with Crippen molar-refractivity contribution in [2.45, 2.75) is 33.7 Å². The van der Waals surface area contributed by atoms with E-state index in [-0.39, 0.29) is 35.2 Å². The SMILES string of the molecule is COc1cc([C@@H]2C(C(=O)OCC(C)C)=C(C)N=c3s/c(=C/c4ccc(-c5cccc(Cl)c5)o4)c(=O)n32)ccc1OC(C)=O. The van der Waals surface area contributed by atoms with E-state index >= 15 is 0 Å². The topological polar surface area (TPSA) is 109 Å². The van der Waals surface area contributed by atoms with Gasteiger partial charge in [-0.05, 0) is 54.8 Å². The maximum absolute atomic E-state index is 14.0. The van der Waals surface area contributed by atoms with Gasteiger partial charge in [0, 0.05) is 23.6 Å². The first-order valence-corrected chi connectivity index (χ1v) is 14.7. The minimum Gasteiger partial charge on any atom is -0.493 e. The number of esters is 2. The maximum atomic E-state index is 14.0. The van der Waals surface area contributed by atoms with Crippen LogP contribution in [0.15, 0.2) is 80.1 Å². The summed E-state index contributed by atoms with van der Waals surface area (Å²) in [5, 5.41) is 0.583. The van der Waals surface area contributed by atoms with Crippen LogP contribution in [0.1, 0.15) is 45.1 Å². The monoisotopic (exact) mass is 620 g/mol. The minimum absolute atomic E-state index is 0.109. The maximum Gasteiger partial charge on any atom is 0.338 e. The molecule has 4 aromatic rings. The zero-order valence-electron chi connectivity index (χ0n) is 24.2. The molecule has 0 bridgehead atoms. The number of aromatic nitrogens is 1. The van der Waals surface area contributed by atoms with Gasteiger partial charge in [0.1, 0.15) is 11.5 Å². The third-order valence-electron chi connectivity index (χ3n) is 6.56. The lowest BCUT2D eigenvalue weighted by Gasteiger charge is -2.25. The van der Waals surface area contributed by atoms with Crippen molar-refractivity contribution in [2.24, 2.45) is 10.9 Å².